The lowest BCUT2D eigenvalue weighted by Crippen LogP contribution is -2.14. The number of anilines is 2. The Morgan fingerprint density at radius 2 is 1.18 bits per heavy atom. The van der Waals surface area contributed by atoms with Gasteiger partial charge in [-0.2, -0.15) is 0 Å². The highest BCUT2D eigenvalue weighted by Gasteiger charge is 2.10. The van der Waals surface area contributed by atoms with Crippen LogP contribution in [0.1, 0.15) is 26.3 Å². The Hall–Kier alpha value is -4.38. The second-order valence-corrected chi connectivity index (χ2v) is 7.47. The molecule has 164 valence electrons. The highest BCUT2D eigenvalue weighted by molar-refractivity contribution is 6.06. The molecule has 4 aromatic rings. The first kappa shape index (κ1) is 21.8. The molecule has 4 aromatic carbocycles. The fourth-order valence-electron chi connectivity index (χ4n) is 3.33. The quantitative estimate of drug-likeness (QED) is 0.366. The third kappa shape index (κ3) is 6.31. The molecule has 0 unspecified atom stereocenters. The Kier molecular flexibility index (Phi) is 7.13. The van der Waals surface area contributed by atoms with Crippen molar-refractivity contribution < 1.29 is 14.3 Å². The van der Waals surface area contributed by atoms with Gasteiger partial charge in [-0.15, -0.1) is 0 Å². The predicted octanol–water partition coefficient (Wildman–Crippen LogP) is 5.81. The van der Waals surface area contributed by atoms with Gasteiger partial charge >= 0.3 is 0 Å². The first-order valence-corrected chi connectivity index (χ1v) is 10.7. The molecule has 0 aromatic heterocycles. The fourth-order valence-corrected chi connectivity index (χ4v) is 3.33. The maximum atomic E-state index is 12.8. The Balaban J connectivity index is 1.35. The van der Waals surface area contributed by atoms with E-state index >= 15 is 0 Å². The van der Waals surface area contributed by atoms with Crippen molar-refractivity contribution in [3.8, 4) is 5.75 Å². The molecule has 5 heteroatoms. The van der Waals surface area contributed by atoms with Crippen molar-refractivity contribution in [1.29, 1.82) is 0 Å². The van der Waals surface area contributed by atoms with Gasteiger partial charge in [0, 0.05) is 28.9 Å². The average molecular weight is 437 g/mol. The van der Waals surface area contributed by atoms with E-state index in [1.165, 1.54) is 5.56 Å². The van der Waals surface area contributed by atoms with Crippen LogP contribution in [-0.2, 0) is 6.42 Å². The smallest absolute Gasteiger partial charge is 0.255 e. The molecule has 0 fully saturated rings. The summed E-state index contributed by atoms with van der Waals surface area (Å²) < 4.78 is 5.83. The van der Waals surface area contributed by atoms with Gasteiger partial charge in [-0.1, -0.05) is 60.7 Å². The number of hydrogen-bond donors (Lipinski definition) is 2. The number of hydrogen-bond acceptors (Lipinski definition) is 3. The molecule has 33 heavy (non-hydrogen) atoms. The lowest BCUT2D eigenvalue weighted by molar-refractivity contribution is 0.101. The fraction of sp³-hybridized carbons (Fsp3) is 0.0714. The van der Waals surface area contributed by atoms with Gasteiger partial charge in [0.25, 0.3) is 11.8 Å². The van der Waals surface area contributed by atoms with Crippen molar-refractivity contribution in [1.82, 2.24) is 0 Å². The molecule has 0 aliphatic carbocycles. The third-order valence-electron chi connectivity index (χ3n) is 5.01. The molecule has 2 N–H and O–H groups in total. The van der Waals surface area contributed by atoms with Crippen LogP contribution in [0.2, 0.25) is 0 Å². The summed E-state index contributed by atoms with van der Waals surface area (Å²) >= 11 is 0. The molecule has 0 saturated carbocycles. The summed E-state index contributed by atoms with van der Waals surface area (Å²) in [4.78, 5) is 25.1. The lowest BCUT2D eigenvalue weighted by Gasteiger charge is -2.10. The first-order chi connectivity index (χ1) is 16.2. The maximum Gasteiger partial charge on any atom is 0.255 e. The van der Waals surface area contributed by atoms with Crippen molar-refractivity contribution in [2.45, 2.75) is 6.42 Å². The van der Waals surface area contributed by atoms with Gasteiger partial charge in [0.05, 0.1) is 6.61 Å². The average Bonchev–Trinajstić information content (AvgIpc) is 2.86. The molecule has 0 saturated heterocycles. The van der Waals surface area contributed by atoms with Crippen LogP contribution in [0.15, 0.2) is 109 Å². The highest BCUT2D eigenvalue weighted by Crippen LogP contribution is 2.19. The topological polar surface area (TPSA) is 67.4 Å². The van der Waals surface area contributed by atoms with Gasteiger partial charge in [0.1, 0.15) is 5.75 Å². The summed E-state index contributed by atoms with van der Waals surface area (Å²) in [6.45, 7) is 0.526. The molecular formula is C28H24N2O3. The molecule has 0 spiro atoms. The molecule has 5 nitrogen and oxygen atoms in total. The number of amides is 2. The lowest BCUT2D eigenvalue weighted by atomic mass is 10.1. The van der Waals surface area contributed by atoms with Gasteiger partial charge in [-0.3, -0.25) is 9.59 Å². The van der Waals surface area contributed by atoms with Crippen molar-refractivity contribution in [3.63, 3.8) is 0 Å². The molecule has 0 radical (unpaired) electrons. The van der Waals surface area contributed by atoms with E-state index in [2.05, 4.69) is 22.8 Å². The maximum absolute atomic E-state index is 12.8. The molecule has 0 atom stereocenters. The van der Waals surface area contributed by atoms with Crippen LogP contribution in [-0.4, -0.2) is 18.4 Å². The Labute approximate surface area is 193 Å². The number of carbonyl (C=O) groups is 2. The van der Waals surface area contributed by atoms with E-state index in [-0.39, 0.29) is 11.8 Å². The van der Waals surface area contributed by atoms with Gasteiger partial charge in [0.2, 0.25) is 0 Å². The summed E-state index contributed by atoms with van der Waals surface area (Å²) in [6, 6.07) is 33.2. The number of nitrogens with one attached hydrogen (secondary N) is 2. The molecule has 4 rings (SSSR count). The number of rotatable bonds is 8. The second-order valence-electron chi connectivity index (χ2n) is 7.47. The normalized spacial score (nSPS) is 10.3. The van der Waals surface area contributed by atoms with E-state index in [1.807, 2.05) is 42.5 Å². The third-order valence-corrected chi connectivity index (χ3v) is 5.01. The standard InChI is InChI=1S/C28H24N2O3/c31-27(22-11-5-2-6-12-22)29-24-14-8-15-25(20-24)30-28(32)23-13-7-16-26(19-23)33-18-17-21-9-3-1-4-10-21/h1-16,19-20H,17-18H2,(H,29,31)(H,30,32). The number of carbonyl (C=O) groups excluding carboxylic acids is 2. The van der Waals surface area contributed by atoms with E-state index in [0.717, 1.165) is 6.42 Å². The van der Waals surface area contributed by atoms with E-state index in [1.54, 1.807) is 54.6 Å². The van der Waals surface area contributed by atoms with E-state index < -0.39 is 0 Å². The zero-order valence-corrected chi connectivity index (χ0v) is 18.0. The Bertz CT molecular complexity index is 1220. The molecule has 0 aliphatic rings. The summed E-state index contributed by atoms with van der Waals surface area (Å²) in [5.41, 5.74) is 3.44. The van der Waals surface area contributed by atoms with Crippen LogP contribution in [0.25, 0.3) is 0 Å². The molecular weight excluding hydrogens is 412 g/mol. The minimum absolute atomic E-state index is 0.209. The zero-order chi connectivity index (χ0) is 22.9. The van der Waals surface area contributed by atoms with Crippen LogP contribution >= 0.6 is 0 Å². The highest BCUT2D eigenvalue weighted by atomic mass is 16.5. The van der Waals surface area contributed by atoms with Gasteiger partial charge < -0.3 is 15.4 Å². The molecule has 0 aliphatic heterocycles. The van der Waals surface area contributed by atoms with E-state index in [9.17, 15) is 9.59 Å². The van der Waals surface area contributed by atoms with Crippen molar-refractivity contribution >= 4 is 23.2 Å². The zero-order valence-electron chi connectivity index (χ0n) is 18.0. The molecule has 0 heterocycles. The van der Waals surface area contributed by atoms with Crippen molar-refractivity contribution in [2.75, 3.05) is 17.2 Å². The molecule has 0 bridgehead atoms. The van der Waals surface area contributed by atoms with Gasteiger partial charge in [-0.25, -0.2) is 0 Å². The summed E-state index contributed by atoms with van der Waals surface area (Å²) in [7, 11) is 0. The van der Waals surface area contributed by atoms with Crippen LogP contribution in [0.5, 0.6) is 5.75 Å². The minimum atomic E-state index is -0.255. The first-order valence-electron chi connectivity index (χ1n) is 10.7. The predicted molar refractivity (Wildman–Crippen MR) is 131 cm³/mol. The summed E-state index contributed by atoms with van der Waals surface area (Å²) in [5, 5.41) is 5.72. The molecule has 2 amide bonds. The summed E-state index contributed by atoms with van der Waals surface area (Å²) in [6.07, 6.45) is 0.790. The van der Waals surface area contributed by atoms with Crippen LogP contribution in [0.3, 0.4) is 0 Å². The Morgan fingerprint density at radius 3 is 1.88 bits per heavy atom. The number of benzene rings is 4. The van der Waals surface area contributed by atoms with Crippen LogP contribution in [0.4, 0.5) is 11.4 Å². The largest absolute Gasteiger partial charge is 0.493 e. The van der Waals surface area contributed by atoms with Gasteiger partial charge in [-0.05, 0) is 54.1 Å². The monoisotopic (exact) mass is 436 g/mol. The van der Waals surface area contributed by atoms with Crippen molar-refractivity contribution in [3.05, 3.63) is 126 Å². The minimum Gasteiger partial charge on any atom is -0.493 e. The van der Waals surface area contributed by atoms with E-state index in [0.29, 0.717) is 34.9 Å². The number of ether oxygens (including phenoxy) is 1. The van der Waals surface area contributed by atoms with E-state index in [4.69, 9.17) is 4.74 Å². The van der Waals surface area contributed by atoms with Crippen LogP contribution < -0.4 is 15.4 Å². The SMILES string of the molecule is O=C(Nc1cccc(NC(=O)c2cccc(OCCc3ccccc3)c2)c1)c1ccccc1. The van der Waals surface area contributed by atoms with Crippen LogP contribution in [0, 0.1) is 0 Å². The second kappa shape index (κ2) is 10.8. The summed E-state index contributed by atoms with van der Waals surface area (Å²) in [5.74, 6) is 0.178. The van der Waals surface area contributed by atoms with Crippen molar-refractivity contribution in [2.24, 2.45) is 0 Å². The Morgan fingerprint density at radius 1 is 0.606 bits per heavy atom. The van der Waals surface area contributed by atoms with Gasteiger partial charge in [0.15, 0.2) is 0 Å².